The van der Waals surface area contributed by atoms with Gasteiger partial charge in [-0.1, -0.05) is 18.2 Å². The number of hydrogen-bond acceptors (Lipinski definition) is 2. The first-order valence-electron chi connectivity index (χ1n) is 6.44. The van der Waals surface area contributed by atoms with E-state index in [9.17, 15) is 0 Å². The molecule has 3 heteroatoms. The molecule has 0 aliphatic carbocycles. The van der Waals surface area contributed by atoms with E-state index in [0.717, 1.165) is 18.4 Å². The summed E-state index contributed by atoms with van der Waals surface area (Å²) in [5.41, 5.74) is 3.69. The molecule has 0 saturated heterocycles. The van der Waals surface area contributed by atoms with E-state index in [1.165, 1.54) is 11.1 Å². The van der Waals surface area contributed by atoms with Crippen molar-refractivity contribution in [2.45, 2.75) is 39.5 Å². The minimum absolute atomic E-state index is 0.0306. The molecule has 1 aromatic carbocycles. The lowest BCUT2D eigenvalue weighted by Gasteiger charge is -2.19. The molecule has 18 heavy (non-hydrogen) atoms. The lowest BCUT2D eigenvalue weighted by atomic mass is 9.92. The second-order valence-corrected chi connectivity index (χ2v) is 4.90. The van der Waals surface area contributed by atoms with Crippen LogP contribution in [-0.4, -0.2) is 18.4 Å². The number of aryl methyl sites for hydroxylation is 2. The molecule has 1 rings (SSSR count). The fraction of sp³-hybridized carbons (Fsp3) is 0.533. The molecular formula is C15H22ClNO. The fourth-order valence-corrected chi connectivity index (χ4v) is 2.12. The van der Waals surface area contributed by atoms with E-state index in [0.29, 0.717) is 18.4 Å². The average Bonchev–Trinajstić information content (AvgIpc) is 2.34. The Morgan fingerprint density at radius 2 is 2.06 bits per heavy atom. The summed E-state index contributed by atoms with van der Waals surface area (Å²) in [5, 5.41) is 8.02. The second kappa shape index (κ2) is 7.42. The summed E-state index contributed by atoms with van der Waals surface area (Å²) < 4.78 is 5.37. The largest absolute Gasteiger partial charge is 0.481 e. The van der Waals surface area contributed by atoms with Gasteiger partial charge in [-0.3, -0.25) is 5.41 Å². The highest BCUT2D eigenvalue weighted by molar-refractivity contribution is 6.17. The summed E-state index contributed by atoms with van der Waals surface area (Å²) in [4.78, 5) is 0. The van der Waals surface area contributed by atoms with Crippen molar-refractivity contribution in [3.8, 4) is 0 Å². The highest BCUT2D eigenvalue weighted by Crippen LogP contribution is 2.25. The molecular weight excluding hydrogens is 246 g/mol. The van der Waals surface area contributed by atoms with Crippen molar-refractivity contribution in [1.29, 1.82) is 5.41 Å². The Kier molecular flexibility index (Phi) is 6.20. The van der Waals surface area contributed by atoms with Crippen LogP contribution in [0, 0.1) is 19.3 Å². The molecule has 1 aromatic rings. The van der Waals surface area contributed by atoms with E-state index in [1.54, 1.807) is 0 Å². The van der Waals surface area contributed by atoms with E-state index < -0.39 is 0 Å². The third-order valence-electron chi connectivity index (χ3n) is 3.18. The third kappa shape index (κ3) is 4.02. The zero-order valence-electron chi connectivity index (χ0n) is 11.4. The van der Waals surface area contributed by atoms with Gasteiger partial charge in [0.05, 0.1) is 12.5 Å². The van der Waals surface area contributed by atoms with Crippen LogP contribution in [0.4, 0.5) is 0 Å². The van der Waals surface area contributed by atoms with Gasteiger partial charge in [-0.25, -0.2) is 0 Å². The van der Waals surface area contributed by atoms with Crippen LogP contribution in [0.25, 0.3) is 0 Å². The Morgan fingerprint density at radius 3 is 2.61 bits per heavy atom. The summed E-state index contributed by atoms with van der Waals surface area (Å²) in [6.45, 7) is 6.65. The maximum Gasteiger partial charge on any atom is 0.188 e. The molecule has 100 valence electrons. The zero-order valence-corrected chi connectivity index (χ0v) is 12.2. The van der Waals surface area contributed by atoms with Crippen LogP contribution in [0.5, 0.6) is 0 Å². The molecule has 0 saturated carbocycles. The van der Waals surface area contributed by atoms with Gasteiger partial charge < -0.3 is 4.74 Å². The Balaban J connectivity index is 2.93. The zero-order chi connectivity index (χ0) is 13.5. The third-order valence-corrected chi connectivity index (χ3v) is 3.44. The Labute approximate surface area is 115 Å². The van der Waals surface area contributed by atoms with Crippen LogP contribution in [0.3, 0.4) is 0 Å². The SMILES string of the molecule is CCOC(=N)C(CCCCl)c1ccc(C)c(C)c1. The highest BCUT2D eigenvalue weighted by atomic mass is 35.5. The molecule has 0 heterocycles. The van der Waals surface area contributed by atoms with Crippen LogP contribution < -0.4 is 0 Å². The first-order valence-corrected chi connectivity index (χ1v) is 6.98. The molecule has 0 amide bonds. The summed E-state index contributed by atoms with van der Waals surface area (Å²) in [6.07, 6.45) is 1.76. The molecule has 1 unspecified atom stereocenters. The van der Waals surface area contributed by atoms with E-state index in [-0.39, 0.29) is 5.92 Å². The van der Waals surface area contributed by atoms with Gasteiger partial charge in [0.15, 0.2) is 5.90 Å². The Bertz CT molecular complexity index is 403. The number of halogens is 1. The van der Waals surface area contributed by atoms with Crippen molar-refractivity contribution in [2.24, 2.45) is 0 Å². The topological polar surface area (TPSA) is 33.1 Å². The average molecular weight is 268 g/mol. The van der Waals surface area contributed by atoms with Crippen molar-refractivity contribution >= 4 is 17.5 Å². The number of benzene rings is 1. The summed E-state index contributed by atoms with van der Waals surface area (Å²) in [7, 11) is 0. The van der Waals surface area contributed by atoms with E-state index in [1.807, 2.05) is 6.92 Å². The van der Waals surface area contributed by atoms with Crippen LogP contribution in [0.2, 0.25) is 0 Å². The maximum atomic E-state index is 8.02. The maximum absolute atomic E-state index is 8.02. The first-order chi connectivity index (χ1) is 8.60. The molecule has 0 radical (unpaired) electrons. The lowest BCUT2D eigenvalue weighted by Crippen LogP contribution is -2.16. The van der Waals surface area contributed by atoms with Crippen molar-refractivity contribution in [3.05, 3.63) is 34.9 Å². The van der Waals surface area contributed by atoms with Crippen LogP contribution >= 0.6 is 11.6 Å². The van der Waals surface area contributed by atoms with Gasteiger partial charge in [-0.15, -0.1) is 11.6 Å². The quantitative estimate of drug-likeness (QED) is 0.462. The van der Waals surface area contributed by atoms with Gasteiger partial charge in [0, 0.05) is 5.88 Å². The van der Waals surface area contributed by atoms with E-state index in [4.69, 9.17) is 21.7 Å². The van der Waals surface area contributed by atoms with Crippen molar-refractivity contribution in [3.63, 3.8) is 0 Å². The van der Waals surface area contributed by atoms with E-state index >= 15 is 0 Å². The first kappa shape index (κ1) is 15.0. The van der Waals surface area contributed by atoms with Crippen molar-refractivity contribution in [1.82, 2.24) is 0 Å². The Hall–Kier alpha value is -1.02. The molecule has 0 aliphatic heterocycles. The summed E-state index contributed by atoms with van der Waals surface area (Å²) in [6, 6.07) is 6.36. The minimum atomic E-state index is 0.0306. The molecule has 1 N–H and O–H groups in total. The molecule has 2 nitrogen and oxygen atoms in total. The Morgan fingerprint density at radius 1 is 1.33 bits per heavy atom. The summed E-state index contributed by atoms with van der Waals surface area (Å²) in [5.74, 6) is 1.01. The number of alkyl halides is 1. The molecule has 1 atom stereocenters. The second-order valence-electron chi connectivity index (χ2n) is 4.52. The molecule has 0 fully saturated rings. The van der Waals surface area contributed by atoms with E-state index in [2.05, 4.69) is 32.0 Å². The van der Waals surface area contributed by atoms with Gasteiger partial charge in [0.2, 0.25) is 0 Å². The molecule has 0 aliphatic rings. The fourth-order valence-electron chi connectivity index (χ4n) is 1.97. The smallest absolute Gasteiger partial charge is 0.188 e. The highest BCUT2D eigenvalue weighted by Gasteiger charge is 2.18. The number of hydrogen-bond donors (Lipinski definition) is 1. The number of ether oxygens (including phenoxy) is 1. The van der Waals surface area contributed by atoms with Crippen LogP contribution in [-0.2, 0) is 4.74 Å². The predicted octanol–water partition coefficient (Wildman–Crippen LogP) is 4.42. The molecule has 0 aromatic heterocycles. The van der Waals surface area contributed by atoms with Gasteiger partial charge in [-0.05, 0) is 50.3 Å². The lowest BCUT2D eigenvalue weighted by molar-refractivity contribution is 0.305. The predicted molar refractivity (Wildman–Crippen MR) is 78.0 cm³/mol. The monoisotopic (exact) mass is 267 g/mol. The summed E-state index contributed by atoms with van der Waals surface area (Å²) >= 11 is 5.76. The minimum Gasteiger partial charge on any atom is -0.481 e. The van der Waals surface area contributed by atoms with Crippen LogP contribution in [0.1, 0.15) is 42.4 Å². The standard InChI is InChI=1S/C15H22ClNO/c1-4-18-15(17)14(6-5-9-16)13-8-7-11(2)12(3)10-13/h7-8,10,14,17H,4-6,9H2,1-3H3. The van der Waals surface area contributed by atoms with Gasteiger partial charge >= 0.3 is 0 Å². The molecule has 0 spiro atoms. The van der Waals surface area contributed by atoms with Gasteiger partial charge in [0.25, 0.3) is 0 Å². The van der Waals surface area contributed by atoms with Crippen molar-refractivity contribution in [2.75, 3.05) is 12.5 Å². The van der Waals surface area contributed by atoms with Gasteiger partial charge in [-0.2, -0.15) is 0 Å². The number of nitrogens with one attached hydrogen (secondary N) is 1. The van der Waals surface area contributed by atoms with Crippen LogP contribution in [0.15, 0.2) is 18.2 Å². The van der Waals surface area contributed by atoms with Crippen molar-refractivity contribution < 1.29 is 4.74 Å². The molecule has 0 bridgehead atoms. The van der Waals surface area contributed by atoms with Gasteiger partial charge in [0.1, 0.15) is 0 Å². The normalized spacial score (nSPS) is 12.2. The number of rotatable bonds is 6.